The second-order valence-electron chi connectivity index (χ2n) is 5.90. The molecule has 6 nitrogen and oxygen atoms in total. The third-order valence-corrected chi connectivity index (χ3v) is 8.19. The molecular weight excluding hydrogens is 412 g/mol. The monoisotopic (exact) mass is 428 g/mol. The molecule has 0 aliphatic carbocycles. The Morgan fingerprint density at radius 3 is 2.50 bits per heavy atom. The molecule has 0 radical (unpaired) electrons. The van der Waals surface area contributed by atoms with Crippen molar-refractivity contribution < 1.29 is 8.42 Å². The van der Waals surface area contributed by atoms with E-state index in [-0.39, 0.29) is 4.21 Å². The van der Waals surface area contributed by atoms with Crippen molar-refractivity contribution in [2.75, 3.05) is 17.6 Å². The second kappa shape index (κ2) is 7.50. The Balaban J connectivity index is 1.71. The lowest BCUT2D eigenvalue weighted by molar-refractivity contribution is 0.596. The number of nitrogens with zero attached hydrogens (tertiary/aromatic N) is 4. The summed E-state index contributed by atoms with van der Waals surface area (Å²) in [6.07, 6.45) is 6.98. The standard InChI is InChI=1S/C19H16N4O2S3/c1-23(15-7-3-5-13-6-4-10-20-18(13)15)28(24,25)17-9-8-16(27-17)14-11-21-19(26-2)22-12-14/h3-12H,1-2H3. The molecule has 0 saturated heterocycles. The van der Waals surface area contributed by atoms with Crippen molar-refractivity contribution in [1.82, 2.24) is 15.0 Å². The van der Waals surface area contributed by atoms with E-state index in [2.05, 4.69) is 15.0 Å². The molecule has 0 aliphatic rings. The molecule has 3 heterocycles. The van der Waals surface area contributed by atoms with E-state index in [1.165, 1.54) is 27.4 Å². The van der Waals surface area contributed by atoms with Crippen molar-refractivity contribution >= 4 is 49.7 Å². The highest BCUT2D eigenvalue weighted by Crippen LogP contribution is 2.34. The van der Waals surface area contributed by atoms with E-state index in [1.807, 2.05) is 30.5 Å². The van der Waals surface area contributed by atoms with Gasteiger partial charge in [-0.05, 0) is 30.5 Å². The Bertz CT molecular complexity index is 1230. The van der Waals surface area contributed by atoms with E-state index in [0.717, 1.165) is 15.8 Å². The molecule has 4 rings (SSSR count). The summed E-state index contributed by atoms with van der Waals surface area (Å²) in [5.74, 6) is 0. The third kappa shape index (κ3) is 3.36. The largest absolute Gasteiger partial charge is 0.273 e. The summed E-state index contributed by atoms with van der Waals surface area (Å²) >= 11 is 2.66. The number of sulfonamides is 1. The van der Waals surface area contributed by atoms with Gasteiger partial charge < -0.3 is 0 Å². The van der Waals surface area contributed by atoms with Crippen molar-refractivity contribution in [2.45, 2.75) is 9.37 Å². The first-order valence-electron chi connectivity index (χ1n) is 8.29. The molecule has 9 heteroatoms. The minimum absolute atomic E-state index is 0.256. The lowest BCUT2D eigenvalue weighted by Gasteiger charge is -2.19. The van der Waals surface area contributed by atoms with Crippen LogP contribution in [0.4, 0.5) is 5.69 Å². The van der Waals surface area contributed by atoms with Crippen LogP contribution in [0.25, 0.3) is 21.3 Å². The van der Waals surface area contributed by atoms with Gasteiger partial charge in [-0.15, -0.1) is 11.3 Å². The van der Waals surface area contributed by atoms with Crippen LogP contribution in [0.15, 0.2) is 70.4 Å². The maximum Gasteiger partial charge on any atom is 0.273 e. The molecule has 0 unspecified atom stereocenters. The number of rotatable bonds is 5. The number of aromatic nitrogens is 3. The van der Waals surface area contributed by atoms with E-state index >= 15 is 0 Å². The Morgan fingerprint density at radius 2 is 1.75 bits per heavy atom. The van der Waals surface area contributed by atoms with Gasteiger partial charge in [-0.25, -0.2) is 18.4 Å². The van der Waals surface area contributed by atoms with Crippen molar-refractivity contribution in [3.63, 3.8) is 0 Å². The van der Waals surface area contributed by atoms with Gasteiger partial charge in [-0.1, -0.05) is 30.0 Å². The van der Waals surface area contributed by atoms with Crippen molar-refractivity contribution in [2.24, 2.45) is 0 Å². The van der Waals surface area contributed by atoms with Crippen LogP contribution in [0.5, 0.6) is 0 Å². The molecule has 0 fully saturated rings. The van der Waals surface area contributed by atoms with E-state index in [9.17, 15) is 8.42 Å². The van der Waals surface area contributed by atoms with Crippen LogP contribution in [0, 0.1) is 0 Å². The van der Waals surface area contributed by atoms with Gasteiger partial charge in [0.2, 0.25) is 0 Å². The maximum absolute atomic E-state index is 13.2. The number of anilines is 1. The Labute approximate surface area is 171 Å². The molecule has 0 saturated carbocycles. The Morgan fingerprint density at radius 1 is 1.00 bits per heavy atom. The number of hydrogen-bond donors (Lipinski definition) is 0. The fourth-order valence-corrected chi connectivity index (χ4v) is 5.74. The molecular formula is C19H16N4O2S3. The fraction of sp³-hybridized carbons (Fsp3) is 0.105. The SMILES string of the molecule is CSc1ncc(-c2ccc(S(=O)(=O)N(C)c3cccc4cccnc34)s2)cn1. The first-order chi connectivity index (χ1) is 13.5. The van der Waals surface area contributed by atoms with Gasteiger partial charge in [-0.3, -0.25) is 9.29 Å². The topological polar surface area (TPSA) is 76.1 Å². The van der Waals surface area contributed by atoms with Gasteiger partial charge in [0.25, 0.3) is 10.0 Å². The van der Waals surface area contributed by atoms with Crippen LogP contribution in [0.2, 0.25) is 0 Å². The van der Waals surface area contributed by atoms with Gasteiger partial charge in [0.1, 0.15) is 4.21 Å². The van der Waals surface area contributed by atoms with Crippen LogP contribution < -0.4 is 4.31 Å². The second-order valence-corrected chi connectivity index (χ2v) is 9.96. The number of thioether (sulfide) groups is 1. The Hall–Kier alpha value is -2.49. The predicted octanol–water partition coefficient (Wildman–Crippen LogP) is 4.30. The zero-order valence-corrected chi connectivity index (χ0v) is 17.6. The molecule has 28 heavy (non-hydrogen) atoms. The molecule has 0 spiro atoms. The molecule has 142 valence electrons. The maximum atomic E-state index is 13.2. The number of benzene rings is 1. The lowest BCUT2D eigenvalue weighted by atomic mass is 10.2. The van der Waals surface area contributed by atoms with Crippen LogP contribution in [0.3, 0.4) is 0 Å². The number of hydrogen-bond acceptors (Lipinski definition) is 7. The van der Waals surface area contributed by atoms with Gasteiger partial charge in [0, 0.05) is 41.5 Å². The molecule has 0 bridgehead atoms. The number of fused-ring (bicyclic) bond motifs is 1. The molecule has 3 aromatic heterocycles. The quantitative estimate of drug-likeness (QED) is 0.348. The zero-order valence-electron chi connectivity index (χ0n) is 15.1. The average Bonchev–Trinajstić information content (AvgIpc) is 3.24. The lowest BCUT2D eigenvalue weighted by Crippen LogP contribution is -2.26. The fourth-order valence-electron chi connectivity index (χ4n) is 2.77. The summed E-state index contributed by atoms with van der Waals surface area (Å²) < 4.78 is 27.9. The van der Waals surface area contributed by atoms with Gasteiger partial charge in [0.05, 0.1) is 11.2 Å². The number of thiophene rings is 1. The first kappa shape index (κ1) is 18.9. The van der Waals surface area contributed by atoms with E-state index < -0.39 is 10.0 Å². The van der Waals surface area contributed by atoms with Crippen LogP contribution in [-0.4, -0.2) is 36.7 Å². The highest BCUT2D eigenvalue weighted by Gasteiger charge is 2.25. The van der Waals surface area contributed by atoms with Crippen molar-refractivity contribution in [3.8, 4) is 10.4 Å². The summed E-state index contributed by atoms with van der Waals surface area (Å²) in [6, 6.07) is 12.6. The van der Waals surface area contributed by atoms with Crippen molar-refractivity contribution in [3.05, 3.63) is 61.1 Å². The average molecular weight is 429 g/mol. The molecule has 0 aliphatic heterocycles. The highest BCUT2D eigenvalue weighted by molar-refractivity contribution is 7.98. The van der Waals surface area contributed by atoms with Crippen LogP contribution in [-0.2, 0) is 10.0 Å². The number of pyridine rings is 1. The summed E-state index contributed by atoms with van der Waals surface area (Å²) in [4.78, 5) is 13.7. The minimum Gasteiger partial charge on any atom is -0.267 e. The predicted molar refractivity (Wildman–Crippen MR) is 114 cm³/mol. The summed E-state index contributed by atoms with van der Waals surface area (Å²) in [7, 11) is -2.17. The van der Waals surface area contributed by atoms with E-state index in [1.54, 1.807) is 43.8 Å². The first-order valence-corrected chi connectivity index (χ1v) is 11.8. The smallest absolute Gasteiger partial charge is 0.267 e. The molecule has 0 N–H and O–H groups in total. The van der Waals surface area contributed by atoms with Gasteiger partial charge >= 0.3 is 0 Å². The summed E-state index contributed by atoms with van der Waals surface area (Å²) in [5.41, 5.74) is 1.98. The van der Waals surface area contributed by atoms with Crippen molar-refractivity contribution in [1.29, 1.82) is 0 Å². The minimum atomic E-state index is -3.72. The van der Waals surface area contributed by atoms with Crippen LogP contribution >= 0.6 is 23.1 Å². The van der Waals surface area contributed by atoms with E-state index in [4.69, 9.17) is 0 Å². The highest BCUT2D eigenvalue weighted by atomic mass is 32.2. The normalized spacial score (nSPS) is 11.6. The van der Waals surface area contributed by atoms with Crippen LogP contribution in [0.1, 0.15) is 0 Å². The molecule has 1 aromatic carbocycles. The zero-order chi connectivity index (χ0) is 19.7. The summed E-state index contributed by atoms with van der Waals surface area (Å²) in [6.45, 7) is 0. The summed E-state index contributed by atoms with van der Waals surface area (Å²) in [5, 5.41) is 1.57. The van der Waals surface area contributed by atoms with Gasteiger partial charge in [-0.2, -0.15) is 0 Å². The number of para-hydroxylation sites is 1. The van der Waals surface area contributed by atoms with Gasteiger partial charge in [0.15, 0.2) is 5.16 Å². The van der Waals surface area contributed by atoms with E-state index in [0.29, 0.717) is 16.4 Å². The Kier molecular flexibility index (Phi) is 5.05. The molecule has 4 aromatic rings. The third-order valence-electron chi connectivity index (χ3n) is 4.24. The molecule has 0 amide bonds. The molecule has 0 atom stereocenters.